The second kappa shape index (κ2) is 10.5. The van der Waals surface area contributed by atoms with E-state index < -0.39 is 10.0 Å². The Morgan fingerprint density at radius 1 is 1.06 bits per heavy atom. The Hall–Kier alpha value is -1.96. The first-order valence-corrected chi connectivity index (χ1v) is 14.0. The molecule has 6 nitrogen and oxygen atoms in total. The molecular weight excluding hydrogens is 434 g/mol. The Bertz CT molecular complexity index is 1000. The maximum absolute atomic E-state index is 11.9. The van der Waals surface area contributed by atoms with Crippen molar-refractivity contribution in [2.75, 3.05) is 30.9 Å². The lowest BCUT2D eigenvalue weighted by atomic mass is 9.82. The van der Waals surface area contributed by atoms with Crippen molar-refractivity contribution in [1.29, 1.82) is 0 Å². The highest BCUT2D eigenvalue weighted by molar-refractivity contribution is 7.88. The molecule has 1 N–H and O–H groups in total. The fraction of sp³-hybridized carbons (Fsp3) is 0.577. The first kappa shape index (κ1) is 24.2. The Labute approximate surface area is 198 Å². The molecule has 4 rings (SSSR count). The number of benzene rings is 1. The number of nitrogens with one attached hydrogen (secondary N) is 1. The number of anilines is 1. The van der Waals surface area contributed by atoms with Crippen LogP contribution in [-0.2, 0) is 14.8 Å². The highest BCUT2D eigenvalue weighted by Crippen LogP contribution is 2.35. The summed E-state index contributed by atoms with van der Waals surface area (Å²) in [5, 5.41) is 0. The second-order valence-corrected chi connectivity index (χ2v) is 11.7. The van der Waals surface area contributed by atoms with Gasteiger partial charge in [0.1, 0.15) is 5.82 Å². The molecule has 1 saturated heterocycles. The Kier molecular flexibility index (Phi) is 7.72. The number of sulfonamides is 1. The normalized spacial score (nSPS) is 26.3. The molecule has 7 heteroatoms. The van der Waals surface area contributed by atoms with Gasteiger partial charge in [0.25, 0.3) is 0 Å². The van der Waals surface area contributed by atoms with Crippen LogP contribution >= 0.6 is 0 Å². The van der Waals surface area contributed by atoms with E-state index in [1.807, 2.05) is 18.2 Å². The molecule has 1 saturated carbocycles. The average Bonchev–Trinajstić information content (AvgIpc) is 2.78. The van der Waals surface area contributed by atoms with Crippen molar-refractivity contribution in [2.24, 2.45) is 5.92 Å². The second-order valence-electron chi connectivity index (χ2n) is 9.91. The van der Waals surface area contributed by atoms with Crippen LogP contribution < -0.4 is 9.62 Å². The fourth-order valence-electron chi connectivity index (χ4n) is 5.45. The maximum Gasteiger partial charge on any atom is 0.208 e. The van der Waals surface area contributed by atoms with E-state index in [1.54, 1.807) is 6.20 Å². The van der Waals surface area contributed by atoms with E-state index in [2.05, 4.69) is 46.7 Å². The quantitative estimate of drug-likeness (QED) is 0.656. The summed E-state index contributed by atoms with van der Waals surface area (Å²) < 4.78 is 33.1. The van der Waals surface area contributed by atoms with Crippen LogP contribution in [0.3, 0.4) is 0 Å². The SMILES string of the molecule is Cc1cc(C)cc(C2CCC(OC[C@@H]3CN(c4ccccn4)CCC3NS(C)(=O)=O)CC2)c1. The third-order valence-electron chi connectivity index (χ3n) is 7.01. The van der Waals surface area contributed by atoms with Gasteiger partial charge in [-0.1, -0.05) is 35.4 Å². The lowest BCUT2D eigenvalue weighted by Gasteiger charge is -2.40. The molecule has 2 heterocycles. The number of pyridine rings is 1. The van der Waals surface area contributed by atoms with E-state index in [4.69, 9.17) is 4.74 Å². The molecule has 1 unspecified atom stereocenters. The molecule has 1 aliphatic carbocycles. The zero-order chi connectivity index (χ0) is 23.4. The number of hydrogen-bond donors (Lipinski definition) is 1. The third-order valence-corrected chi connectivity index (χ3v) is 7.74. The number of nitrogens with zero attached hydrogens (tertiary/aromatic N) is 2. The molecule has 2 aromatic rings. The Morgan fingerprint density at radius 3 is 2.42 bits per heavy atom. The van der Waals surface area contributed by atoms with Crippen molar-refractivity contribution in [1.82, 2.24) is 9.71 Å². The summed E-state index contributed by atoms with van der Waals surface area (Å²) in [6, 6.07) is 12.7. The van der Waals surface area contributed by atoms with Gasteiger partial charge in [0.2, 0.25) is 10.0 Å². The van der Waals surface area contributed by atoms with E-state index in [1.165, 1.54) is 22.9 Å². The van der Waals surface area contributed by atoms with Gasteiger partial charge in [-0.2, -0.15) is 0 Å². The van der Waals surface area contributed by atoms with Crippen LogP contribution in [0.1, 0.15) is 54.7 Å². The van der Waals surface area contributed by atoms with Crippen LogP contribution in [-0.4, -0.2) is 51.5 Å². The molecule has 180 valence electrons. The van der Waals surface area contributed by atoms with Crippen molar-refractivity contribution < 1.29 is 13.2 Å². The zero-order valence-corrected chi connectivity index (χ0v) is 20.9. The fourth-order valence-corrected chi connectivity index (χ4v) is 6.31. The van der Waals surface area contributed by atoms with Gasteiger partial charge < -0.3 is 9.64 Å². The Morgan fingerprint density at radius 2 is 1.79 bits per heavy atom. The molecule has 0 radical (unpaired) electrons. The van der Waals surface area contributed by atoms with Gasteiger partial charge >= 0.3 is 0 Å². The highest BCUT2D eigenvalue weighted by Gasteiger charge is 2.33. The van der Waals surface area contributed by atoms with Crippen molar-refractivity contribution in [3.63, 3.8) is 0 Å². The van der Waals surface area contributed by atoms with Crippen molar-refractivity contribution in [2.45, 2.75) is 64.0 Å². The lowest BCUT2D eigenvalue weighted by Crippen LogP contribution is -2.52. The first-order chi connectivity index (χ1) is 15.8. The van der Waals surface area contributed by atoms with E-state index >= 15 is 0 Å². The number of aryl methyl sites for hydroxylation is 2. The third kappa shape index (κ3) is 6.78. The molecule has 33 heavy (non-hydrogen) atoms. The van der Waals surface area contributed by atoms with E-state index in [0.29, 0.717) is 12.5 Å². The molecule has 1 aromatic heterocycles. The lowest BCUT2D eigenvalue weighted by molar-refractivity contribution is -0.00213. The number of aromatic nitrogens is 1. The van der Waals surface area contributed by atoms with E-state index in [-0.39, 0.29) is 18.1 Å². The van der Waals surface area contributed by atoms with Crippen LogP contribution in [0, 0.1) is 19.8 Å². The minimum atomic E-state index is -3.27. The summed E-state index contributed by atoms with van der Waals surface area (Å²) >= 11 is 0. The molecule has 2 aliphatic rings. The summed E-state index contributed by atoms with van der Waals surface area (Å²) in [6.07, 6.45) is 8.43. The van der Waals surface area contributed by atoms with Gasteiger partial charge in [-0.25, -0.2) is 18.1 Å². The number of hydrogen-bond acceptors (Lipinski definition) is 5. The monoisotopic (exact) mass is 471 g/mol. The summed E-state index contributed by atoms with van der Waals surface area (Å²) in [5.41, 5.74) is 4.13. The predicted molar refractivity (Wildman–Crippen MR) is 133 cm³/mol. The van der Waals surface area contributed by atoms with E-state index in [0.717, 1.165) is 51.0 Å². The van der Waals surface area contributed by atoms with Crippen molar-refractivity contribution in [3.8, 4) is 0 Å². The van der Waals surface area contributed by atoms with Crippen LogP contribution in [0.2, 0.25) is 0 Å². The average molecular weight is 472 g/mol. The van der Waals surface area contributed by atoms with Gasteiger partial charge in [0, 0.05) is 31.2 Å². The summed E-state index contributed by atoms with van der Waals surface area (Å²) in [5.74, 6) is 1.64. The van der Waals surface area contributed by atoms with Crippen molar-refractivity contribution in [3.05, 3.63) is 59.3 Å². The molecule has 1 aliphatic heterocycles. The largest absolute Gasteiger partial charge is 0.378 e. The van der Waals surface area contributed by atoms with Gasteiger partial charge in [0.15, 0.2) is 0 Å². The molecule has 1 aromatic carbocycles. The minimum absolute atomic E-state index is 0.0904. The first-order valence-electron chi connectivity index (χ1n) is 12.1. The Balaban J connectivity index is 1.35. The van der Waals surface area contributed by atoms with Gasteiger partial charge in [-0.15, -0.1) is 0 Å². The van der Waals surface area contributed by atoms with Crippen LogP contribution in [0.15, 0.2) is 42.6 Å². The summed E-state index contributed by atoms with van der Waals surface area (Å²) in [6.45, 7) is 6.43. The smallest absolute Gasteiger partial charge is 0.208 e. The number of ether oxygens (including phenoxy) is 1. The van der Waals surface area contributed by atoms with Gasteiger partial charge in [-0.05, 0) is 69.6 Å². The molecule has 2 fully saturated rings. The maximum atomic E-state index is 11.9. The summed E-state index contributed by atoms with van der Waals surface area (Å²) in [7, 11) is -3.27. The van der Waals surface area contributed by atoms with Crippen LogP contribution in [0.5, 0.6) is 0 Å². The van der Waals surface area contributed by atoms with Crippen LogP contribution in [0.4, 0.5) is 5.82 Å². The van der Waals surface area contributed by atoms with Gasteiger partial charge in [-0.3, -0.25) is 0 Å². The standard InChI is InChI=1S/C26H37N3O3S/c1-19-14-20(2)16-22(15-19)21-7-9-24(10-8-21)32-18-23-17-29(26-6-4-5-12-27-26)13-11-25(23)28-33(3,30)31/h4-6,12,14-16,21,23-25,28H,7-11,13,17-18H2,1-3H3/t21?,23-,24?,25?/m0/s1. The highest BCUT2D eigenvalue weighted by atomic mass is 32.2. The minimum Gasteiger partial charge on any atom is -0.378 e. The molecule has 0 bridgehead atoms. The molecular formula is C26H37N3O3S. The van der Waals surface area contributed by atoms with Gasteiger partial charge in [0.05, 0.1) is 19.0 Å². The molecule has 0 amide bonds. The topological polar surface area (TPSA) is 71.5 Å². The van der Waals surface area contributed by atoms with Crippen LogP contribution in [0.25, 0.3) is 0 Å². The zero-order valence-electron chi connectivity index (χ0n) is 20.0. The molecule has 2 atom stereocenters. The van der Waals surface area contributed by atoms with Crippen molar-refractivity contribution >= 4 is 15.8 Å². The summed E-state index contributed by atoms with van der Waals surface area (Å²) in [4.78, 5) is 6.72. The molecule has 0 spiro atoms. The van der Waals surface area contributed by atoms with E-state index in [9.17, 15) is 8.42 Å². The number of rotatable bonds is 7. The predicted octanol–water partition coefficient (Wildman–Crippen LogP) is 4.19. The number of piperidine rings is 1.